The van der Waals surface area contributed by atoms with E-state index in [1.54, 1.807) is 0 Å². The van der Waals surface area contributed by atoms with Crippen LogP contribution >= 0.6 is 0 Å². The molecule has 20 heavy (non-hydrogen) atoms. The van der Waals surface area contributed by atoms with Gasteiger partial charge in [-0.05, 0) is 23.2 Å². The van der Waals surface area contributed by atoms with Crippen LogP contribution in [0.25, 0.3) is 11.1 Å². The van der Waals surface area contributed by atoms with Gasteiger partial charge in [0.05, 0.1) is 6.54 Å². The summed E-state index contributed by atoms with van der Waals surface area (Å²) in [5, 5.41) is 8.84. The molecule has 0 bridgehead atoms. The highest BCUT2D eigenvalue weighted by Gasteiger charge is 2.08. The van der Waals surface area contributed by atoms with Crippen molar-refractivity contribution in [2.45, 2.75) is 13.5 Å². The summed E-state index contributed by atoms with van der Waals surface area (Å²) in [6.07, 6.45) is 0. The Morgan fingerprint density at radius 2 is 1.60 bits per heavy atom. The van der Waals surface area contributed by atoms with E-state index >= 15 is 0 Å². The first-order valence-electron chi connectivity index (χ1n) is 6.77. The molecule has 0 heterocycles. The number of aliphatic carboxylic acids is 1. The van der Waals surface area contributed by atoms with E-state index < -0.39 is 5.97 Å². The zero-order valence-electron chi connectivity index (χ0n) is 11.6. The summed E-state index contributed by atoms with van der Waals surface area (Å²) in [5.74, 6) is -0.784. The standard InChI is InChI=1S/C17H19NO2/c1-2-18(13-17(19)20)12-14-8-10-16(11-9-14)15-6-4-3-5-7-15/h3-11H,2,12-13H2,1H3,(H,19,20). The van der Waals surface area contributed by atoms with Crippen molar-refractivity contribution in [1.82, 2.24) is 4.90 Å². The molecule has 0 unspecified atom stereocenters. The fourth-order valence-corrected chi connectivity index (χ4v) is 2.16. The van der Waals surface area contributed by atoms with E-state index in [0.29, 0.717) is 6.54 Å². The molecule has 0 atom stereocenters. The van der Waals surface area contributed by atoms with Gasteiger partial charge >= 0.3 is 5.97 Å². The average Bonchev–Trinajstić information content (AvgIpc) is 2.48. The summed E-state index contributed by atoms with van der Waals surface area (Å²) in [6.45, 7) is 3.45. The third-order valence-corrected chi connectivity index (χ3v) is 3.27. The van der Waals surface area contributed by atoms with Crippen LogP contribution in [0.1, 0.15) is 12.5 Å². The molecule has 0 saturated heterocycles. The molecule has 0 fully saturated rings. The van der Waals surface area contributed by atoms with Gasteiger partial charge in [-0.1, -0.05) is 61.5 Å². The van der Waals surface area contributed by atoms with E-state index in [1.165, 1.54) is 11.1 Å². The second-order valence-electron chi connectivity index (χ2n) is 4.76. The first-order chi connectivity index (χ1) is 9.69. The van der Waals surface area contributed by atoms with Crippen molar-refractivity contribution >= 4 is 5.97 Å². The highest BCUT2D eigenvalue weighted by molar-refractivity contribution is 5.69. The number of likely N-dealkylation sites (N-methyl/N-ethyl adjacent to an activating group) is 1. The number of carboxylic acids is 1. The lowest BCUT2D eigenvalue weighted by Crippen LogP contribution is -2.28. The Balaban J connectivity index is 2.06. The Bertz CT molecular complexity index is 549. The van der Waals surface area contributed by atoms with Gasteiger partial charge in [0.15, 0.2) is 0 Å². The van der Waals surface area contributed by atoms with Crippen molar-refractivity contribution in [2.75, 3.05) is 13.1 Å². The highest BCUT2D eigenvalue weighted by atomic mass is 16.4. The third kappa shape index (κ3) is 3.93. The normalized spacial score (nSPS) is 10.7. The highest BCUT2D eigenvalue weighted by Crippen LogP contribution is 2.19. The predicted molar refractivity (Wildman–Crippen MR) is 80.5 cm³/mol. The van der Waals surface area contributed by atoms with E-state index in [-0.39, 0.29) is 6.54 Å². The molecular formula is C17H19NO2. The smallest absolute Gasteiger partial charge is 0.317 e. The van der Waals surface area contributed by atoms with Crippen molar-refractivity contribution in [3.8, 4) is 11.1 Å². The minimum atomic E-state index is -0.784. The quantitative estimate of drug-likeness (QED) is 0.875. The van der Waals surface area contributed by atoms with Crippen molar-refractivity contribution < 1.29 is 9.90 Å². The van der Waals surface area contributed by atoms with Crippen molar-refractivity contribution in [2.24, 2.45) is 0 Å². The van der Waals surface area contributed by atoms with Gasteiger partial charge in [-0.15, -0.1) is 0 Å². The zero-order chi connectivity index (χ0) is 14.4. The topological polar surface area (TPSA) is 40.5 Å². The number of benzene rings is 2. The van der Waals surface area contributed by atoms with Gasteiger partial charge in [0, 0.05) is 6.54 Å². The molecule has 104 valence electrons. The van der Waals surface area contributed by atoms with Crippen LogP contribution in [0, 0.1) is 0 Å². The average molecular weight is 269 g/mol. The molecule has 1 N–H and O–H groups in total. The fourth-order valence-electron chi connectivity index (χ4n) is 2.16. The van der Waals surface area contributed by atoms with E-state index in [1.807, 2.05) is 30.0 Å². The number of rotatable bonds is 6. The fraction of sp³-hybridized carbons (Fsp3) is 0.235. The Kier molecular flexibility index (Phi) is 4.91. The van der Waals surface area contributed by atoms with Gasteiger partial charge in [0.2, 0.25) is 0 Å². The lowest BCUT2D eigenvalue weighted by molar-refractivity contribution is -0.138. The van der Waals surface area contributed by atoms with Crippen molar-refractivity contribution in [3.05, 3.63) is 60.2 Å². The van der Waals surface area contributed by atoms with Crippen LogP contribution < -0.4 is 0 Å². The molecule has 0 spiro atoms. The SMILES string of the molecule is CCN(CC(=O)O)Cc1ccc(-c2ccccc2)cc1. The minimum Gasteiger partial charge on any atom is -0.480 e. The zero-order valence-corrected chi connectivity index (χ0v) is 11.6. The molecule has 0 amide bonds. The molecule has 3 heteroatoms. The summed E-state index contributed by atoms with van der Waals surface area (Å²) in [7, 11) is 0. The maximum Gasteiger partial charge on any atom is 0.317 e. The van der Waals surface area contributed by atoms with Crippen LogP contribution in [0.4, 0.5) is 0 Å². The molecule has 0 saturated carbocycles. The predicted octanol–water partition coefficient (Wildman–Crippen LogP) is 3.26. The van der Waals surface area contributed by atoms with E-state index in [0.717, 1.165) is 12.1 Å². The maximum atomic E-state index is 10.8. The summed E-state index contributed by atoms with van der Waals surface area (Å²) in [6, 6.07) is 18.5. The van der Waals surface area contributed by atoms with E-state index in [2.05, 4.69) is 36.4 Å². The molecule has 0 aliphatic rings. The summed E-state index contributed by atoms with van der Waals surface area (Å²) in [5.41, 5.74) is 3.50. The minimum absolute atomic E-state index is 0.0803. The Morgan fingerprint density at radius 1 is 1.00 bits per heavy atom. The number of carbonyl (C=O) groups is 1. The first-order valence-corrected chi connectivity index (χ1v) is 6.77. The van der Waals surface area contributed by atoms with Gasteiger partial charge in [0.25, 0.3) is 0 Å². The second-order valence-corrected chi connectivity index (χ2v) is 4.76. The van der Waals surface area contributed by atoms with Crippen LogP contribution in [0.5, 0.6) is 0 Å². The third-order valence-electron chi connectivity index (χ3n) is 3.27. The molecule has 0 aromatic heterocycles. The number of hydrogen-bond donors (Lipinski definition) is 1. The van der Waals surface area contributed by atoms with Crippen molar-refractivity contribution in [1.29, 1.82) is 0 Å². The number of hydrogen-bond acceptors (Lipinski definition) is 2. The van der Waals surface area contributed by atoms with Crippen LogP contribution in [0.15, 0.2) is 54.6 Å². The van der Waals surface area contributed by atoms with Crippen LogP contribution in [-0.2, 0) is 11.3 Å². The lowest BCUT2D eigenvalue weighted by atomic mass is 10.0. The summed E-state index contributed by atoms with van der Waals surface area (Å²) in [4.78, 5) is 12.7. The largest absolute Gasteiger partial charge is 0.480 e. The molecule has 0 aliphatic heterocycles. The van der Waals surface area contributed by atoms with Crippen molar-refractivity contribution in [3.63, 3.8) is 0 Å². The number of nitrogens with zero attached hydrogens (tertiary/aromatic N) is 1. The molecule has 2 aromatic carbocycles. The van der Waals surface area contributed by atoms with Crippen LogP contribution in [-0.4, -0.2) is 29.1 Å². The van der Waals surface area contributed by atoms with E-state index in [4.69, 9.17) is 5.11 Å². The first kappa shape index (κ1) is 14.3. The maximum absolute atomic E-state index is 10.8. The van der Waals surface area contributed by atoms with Crippen LogP contribution in [0.2, 0.25) is 0 Å². The Hall–Kier alpha value is -2.13. The van der Waals surface area contributed by atoms with Gasteiger partial charge in [-0.2, -0.15) is 0 Å². The molecule has 2 aromatic rings. The van der Waals surface area contributed by atoms with Gasteiger partial charge in [0.1, 0.15) is 0 Å². The van der Waals surface area contributed by atoms with Gasteiger partial charge in [-0.3, -0.25) is 9.69 Å². The van der Waals surface area contributed by atoms with Gasteiger partial charge < -0.3 is 5.11 Å². The second kappa shape index (κ2) is 6.87. The molecule has 3 nitrogen and oxygen atoms in total. The number of carboxylic acid groups (broad SMARTS) is 1. The molecule has 0 radical (unpaired) electrons. The molecular weight excluding hydrogens is 250 g/mol. The summed E-state index contributed by atoms with van der Waals surface area (Å²) >= 11 is 0. The lowest BCUT2D eigenvalue weighted by Gasteiger charge is -2.18. The van der Waals surface area contributed by atoms with Crippen LogP contribution in [0.3, 0.4) is 0 Å². The summed E-state index contributed by atoms with van der Waals surface area (Å²) < 4.78 is 0. The monoisotopic (exact) mass is 269 g/mol. The van der Waals surface area contributed by atoms with E-state index in [9.17, 15) is 4.79 Å². The molecule has 2 rings (SSSR count). The van der Waals surface area contributed by atoms with Gasteiger partial charge in [-0.25, -0.2) is 0 Å². The Labute approximate surface area is 119 Å². The Morgan fingerprint density at radius 3 is 2.15 bits per heavy atom. The molecule has 0 aliphatic carbocycles.